The summed E-state index contributed by atoms with van der Waals surface area (Å²) in [7, 11) is 0. The van der Waals surface area contributed by atoms with Crippen LogP contribution < -0.4 is 15.7 Å². The van der Waals surface area contributed by atoms with E-state index in [4.69, 9.17) is 25.5 Å². The zero-order valence-electron chi connectivity index (χ0n) is 16.2. The highest BCUT2D eigenvalue weighted by atomic mass is 35.5. The van der Waals surface area contributed by atoms with E-state index in [1.807, 2.05) is 0 Å². The predicted molar refractivity (Wildman–Crippen MR) is 104 cm³/mol. The van der Waals surface area contributed by atoms with Gasteiger partial charge in [-0.25, -0.2) is 14.4 Å². The number of alkyl carbamates (subject to hydrolysis) is 1. The molecule has 1 heterocycles. The summed E-state index contributed by atoms with van der Waals surface area (Å²) in [5, 5.41) is 3.37. The van der Waals surface area contributed by atoms with Crippen molar-refractivity contribution in [2.24, 2.45) is 0 Å². The zero-order chi connectivity index (χ0) is 20.6. The van der Waals surface area contributed by atoms with Crippen molar-refractivity contribution < 1.29 is 23.5 Å². The number of benzene rings is 1. The summed E-state index contributed by atoms with van der Waals surface area (Å²) in [6, 6.07) is 2.10. The molecule has 0 spiro atoms. The quantitative estimate of drug-likeness (QED) is 0.473. The molecule has 7 nitrogen and oxygen atoms in total. The topological polar surface area (TPSA) is 94.8 Å². The summed E-state index contributed by atoms with van der Waals surface area (Å²) in [4.78, 5) is 36.2. The summed E-state index contributed by atoms with van der Waals surface area (Å²) in [5.74, 6) is -0.672. The van der Waals surface area contributed by atoms with Gasteiger partial charge in [0.05, 0.1) is 5.02 Å². The molecular formula is C20H22ClNO6. The maximum atomic E-state index is 12.3. The third kappa shape index (κ3) is 4.30. The molecule has 150 valence electrons. The van der Waals surface area contributed by atoms with Crippen molar-refractivity contribution in [3.8, 4) is 5.75 Å². The van der Waals surface area contributed by atoms with Crippen LogP contribution in [-0.4, -0.2) is 23.7 Å². The normalized spacial score (nSPS) is 14.5. The Kier molecular flexibility index (Phi) is 5.39. The van der Waals surface area contributed by atoms with Gasteiger partial charge in [0.25, 0.3) is 0 Å². The Morgan fingerprint density at radius 3 is 2.57 bits per heavy atom. The van der Waals surface area contributed by atoms with Crippen LogP contribution in [0.3, 0.4) is 0 Å². The van der Waals surface area contributed by atoms with Gasteiger partial charge in [0.1, 0.15) is 17.2 Å². The molecule has 1 aromatic carbocycles. The summed E-state index contributed by atoms with van der Waals surface area (Å²) in [6.07, 6.45) is 1.63. The first kappa shape index (κ1) is 20.2. The Balaban J connectivity index is 1.79. The van der Waals surface area contributed by atoms with Gasteiger partial charge in [0.15, 0.2) is 5.75 Å². The number of ether oxygens (including phenoxy) is 2. The number of hydrogen-bond donors (Lipinski definition) is 1. The Bertz CT molecular complexity index is 1000. The predicted octanol–water partition coefficient (Wildman–Crippen LogP) is 3.75. The Labute approximate surface area is 166 Å². The van der Waals surface area contributed by atoms with E-state index in [9.17, 15) is 14.4 Å². The SMILES string of the molecule is C[C@@H](NC(=O)OC(C)(C)C)C(=O)Oc1cc2oc(=O)c3c(c2cc1Cl)CCC3. The van der Waals surface area contributed by atoms with Gasteiger partial charge in [0, 0.05) is 17.0 Å². The van der Waals surface area contributed by atoms with E-state index in [1.54, 1.807) is 26.8 Å². The number of amides is 1. The number of aryl methyl sites for hydroxylation is 1. The van der Waals surface area contributed by atoms with Crippen LogP contribution in [0.15, 0.2) is 21.3 Å². The van der Waals surface area contributed by atoms with Crippen LogP contribution in [0.25, 0.3) is 11.0 Å². The Morgan fingerprint density at radius 2 is 1.89 bits per heavy atom. The van der Waals surface area contributed by atoms with Crippen LogP contribution in [-0.2, 0) is 22.4 Å². The van der Waals surface area contributed by atoms with Gasteiger partial charge >= 0.3 is 17.7 Å². The van der Waals surface area contributed by atoms with Crippen LogP contribution >= 0.6 is 11.6 Å². The number of carbonyl (C=O) groups is 2. The molecule has 0 saturated carbocycles. The van der Waals surface area contributed by atoms with Crippen LogP contribution in [0, 0.1) is 0 Å². The van der Waals surface area contributed by atoms with Crippen molar-refractivity contribution in [2.75, 3.05) is 0 Å². The molecule has 0 saturated heterocycles. The lowest BCUT2D eigenvalue weighted by Crippen LogP contribution is -2.43. The molecule has 28 heavy (non-hydrogen) atoms. The molecule has 0 fully saturated rings. The molecular weight excluding hydrogens is 386 g/mol. The van der Waals surface area contributed by atoms with E-state index in [0.717, 1.165) is 23.8 Å². The van der Waals surface area contributed by atoms with Crippen LogP contribution in [0.5, 0.6) is 5.75 Å². The van der Waals surface area contributed by atoms with E-state index >= 15 is 0 Å². The number of carbonyl (C=O) groups excluding carboxylic acids is 2. The maximum absolute atomic E-state index is 12.3. The fourth-order valence-corrected chi connectivity index (χ4v) is 3.30. The smallest absolute Gasteiger partial charge is 0.408 e. The standard InChI is InChI=1S/C20H22ClNO6/c1-10(22-19(25)28-20(2,3)4)17(23)27-16-9-15-13(8-14(16)21)11-6-5-7-12(11)18(24)26-15/h8-10H,5-7H2,1-4H3,(H,22,25)/t10-/m1/s1. The van der Waals surface area contributed by atoms with E-state index in [-0.39, 0.29) is 16.4 Å². The lowest BCUT2D eigenvalue weighted by Gasteiger charge is -2.21. The molecule has 0 aliphatic heterocycles. The first-order valence-electron chi connectivity index (χ1n) is 9.04. The number of nitrogens with one attached hydrogen (secondary N) is 1. The van der Waals surface area contributed by atoms with Crippen molar-refractivity contribution in [3.63, 3.8) is 0 Å². The highest BCUT2D eigenvalue weighted by Crippen LogP contribution is 2.34. The van der Waals surface area contributed by atoms with Gasteiger partial charge in [-0.3, -0.25) is 0 Å². The minimum atomic E-state index is -0.964. The van der Waals surface area contributed by atoms with Crippen LogP contribution in [0.2, 0.25) is 5.02 Å². The second kappa shape index (κ2) is 7.47. The lowest BCUT2D eigenvalue weighted by atomic mass is 10.1. The van der Waals surface area contributed by atoms with Gasteiger partial charge in [-0.15, -0.1) is 0 Å². The molecule has 1 amide bonds. The summed E-state index contributed by atoms with van der Waals surface area (Å²) in [6.45, 7) is 6.62. The molecule has 8 heteroatoms. The minimum Gasteiger partial charge on any atom is -0.444 e. The molecule has 3 rings (SSSR count). The summed E-state index contributed by atoms with van der Waals surface area (Å²) in [5.41, 5.74) is 0.868. The number of esters is 1. The molecule has 0 radical (unpaired) electrons. The average Bonchev–Trinajstić information content (AvgIpc) is 3.05. The molecule has 1 atom stereocenters. The number of fused-ring (bicyclic) bond motifs is 3. The fourth-order valence-electron chi connectivity index (χ4n) is 3.10. The van der Waals surface area contributed by atoms with Gasteiger partial charge in [-0.05, 0) is 58.6 Å². The Morgan fingerprint density at radius 1 is 1.21 bits per heavy atom. The third-order valence-electron chi connectivity index (χ3n) is 4.32. The molecule has 2 aromatic rings. The molecule has 1 N–H and O–H groups in total. The van der Waals surface area contributed by atoms with Crippen molar-refractivity contribution in [2.45, 2.75) is 58.6 Å². The molecule has 1 aliphatic carbocycles. The van der Waals surface area contributed by atoms with Crippen molar-refractivity contribution in [3.05, 3.63) is 38.7 Å². The van der Waals surface area contributed by atoms with E-state index < -0.39 is 23.7 Å². The van der Waals surface area contributed by atoms with Crippen molar-refractivity contribution in [1.82, 2.24) is 5.32 Å². The highest BCUT2D eigenvalue weighted by molar-refractivity contribution is 6.33. The Hall–Kier alpha value is -2.54. The molecule has 1 aliphatic rings. The van der Waals surface area contributed by atoms with Crippen molar-refractivity contribution >= 4 is 34.6 Å². The highest BCUT2D eigenvalue weighted by Gasteiger charge is 2.24. The van der Waals surface area contributed by atoms with Crippen LogP contribution in [0.1, 0.15) is 45.2 Å². The summed E-state index contributed by atoms with van der Waals surface area (Å²) < 4.78 is 15.8. The zero-order valence-corrected chi connectivity index (χ0v) is 16.9. The second-order valence-corrected chi connectivity index (χ2v) is 8.18. The molecule has 0 unspecified atom stereocenters. The van der Waals surface area contributed by atoms with Gasteiger partial charge < -0.3 is 19.2 Å². The minimum absolute atomic E-state index is 0.0538. The second-order valence-electron chi connectivity index (χ2n) is 7.77. The van der Waals surface area contributed by atoms with E-state index in [2.05, 4.69) is 5.32 Å². The first-order valence-corrected chi connectivity index (χ1v) is 9.42. The average molecular weight is 408 g/mol. The monoisotopic (exact) mass is 407 g/mol. The van der Waals surface area contributed by atoms with Gasteiger partial charge in [-0.1, -0.05) is 11.6 Å². The number of hydrogen-bond acceptors (Lipinski definition) is 6. The van der Waals surface area contributed by atoms with Gasteiger partial charge in [-0.2, -0.15) is 0 Å². The number of halogens is 1. The summed E-state index contributed by atoms with van der Waals surface area (Å²) >= 11 is 6.28. The largest absolute Gasteiger partial charge is 0.444 e. The van der Waals surface area contributed by atoms with Crippen molar-refractivity contribution in [1.29, 1.82) is 0 Å². The fraction of sp³-hybridized carbons (Fsp3) is 0.450. The lowest BCUT2D eigenvalue weighted by molar-refractivity contribution is -0.136. The molecule has 0 bridgehead atoms. The molecule has 1 aromatic heterocycles. The first-order chi connectivity index (χ1) is 13.0. The maximum Gasteiger partial charge on any atom is 0.408 e. The van der Waals surface area contributed by atoms with Gasteiger partial charge in [0.2, 0.25) is 0 Å². The van der Waals surface area contributed by atoms with E-state index in [1.165, 1.54) is 13.0 Å². The third-order valence-corrected chi connectivity index (χ3v) is 4.62. The van der Waals surface area contributed by atoms with E-state index in [0.29, 0.717) is 17.6 Å². The van der Waals surface area contributed by atoms with Crippen LogP contribution in [0.4, 0.5) is 4.79 Å². The number of rotatable bonds is 3.